The molecule has 1 heterocycles. The summed E-state index contributed by atoms with van der Waals surface area (Å²) in [5.41, 5.74) is 2.61. The SMILES string of the molecule is CC/C=C1/C(C(C)NC2CC2)=CNC1=NC. The van der Waals surface area contributed by atoms with Crippen molar-refractivity contribution in [1.82, 2.24) is 10.6 Å². The highest BCUT2D eigenvalue weighted by Gasteiger charge is 2.28. The standard InChI is InChI=1S/C13H21N3/c1-4-5-11-12(8-15-13(11)14-3)9(2)16-10-6-7-10/h5,8-10,16H,4,6-7H2,1-3H3,(H,14,15)/b11-5-. The summed E-state index contributed by atoms with van der Waals surface area (Å²) in [7, 11) is 1.83. The van der Waals surface area contributed by atoms with Crippen molar-refractivity contribution in [2.75, 3.05) is 7.05 Å². The molecule has 88 valence electrons. The maximum absolute atomic E-state index is 4.27. The van der Waals surface area contributed by atoms with Crippen LogP contribution in [0.4, 0.5) is 0 Å². The van der Waals surface area contributed by atoms with Crippen LogP contribution in [0.2, 0.25) is 0 Å². The van der Waals surface area contributed by atoms with E-state index in [4.69, 9.17) is 0 Å². The van der Waals surface area contributed by atoms with E-state index in [0.29, 0.717) is 6.04 Å². The molecular weight excluding hydrogens is 198 g/mol. The summed E-state index contributed by atoms with van der Waals surface area (Å²) in [6.07, 6.45) is 8.03. The topological polar surface area (TPSA) is 36.4 Å². The van der Waals surface area contributed by atoms with E-state index < -0.39 is 0 Å². The van der Waals surface area contributed by atoms with Crippen molar-refractivity contribution in [3.05, 3.63) is 23.4 Å². The van der Waals surface area contributed by atoms with Gasteiger partial charge < -0.3 is 10.6 Å². The summed E-state index contributed by atoms with van der Waals surface area (Å²) >= 11 is 0. The molecule has 2 aliphatic rings. The molecule has 1 atom stereocenters. The maximum Gasteiger partial charge on any atom is 0.132 e. The predicted octanol–water partition coefficient (Wildman–Crippen LogP) is 1.98. The van der Waals surface area contributed by atoms with Crippen LogP contribution < -0.4 is 10.6 Å². The summed E-state index contributed by atoms with van der Waals surface area (Å²) in [5, 5.41) is 6.87. The molecule has 0 amide bonds. The molecule has 0 spiro atoms. The first-order chi connectivity index (χ1) is 7.76. The van der Waals surface area contributed by atoms with Crippen molar-refractivity contribution in [3.8, 4) is 0 Å². The first-order valence-electron chi connectivity index (χ1n) is 6.16. The van der Waals surface area contributed by atoms with Crippen LogP contribution >= 0.6 is 0 Å². The van der Waals surface area contributed by atoms with Gasteiger partial charge in [0.05, 0.1) is 0 Å². The smallest absolute Gasteiger partial charge is 0.132 e. The number of amidine groups is 1. The second-order valence-electron chi connectivity index (χ2n) is 4.50. The van der Waals surface area contributed by atoms with E-state index in [1.54, 1.807) is 0 Å². The monoisotopic (exact) mass is 219 g/mol. The Labute approximate surface area is 97.7 Å². The molecule has 3 heteroatoms. The fourth-order valence-corrected chi connectivity index (χ4v) is 2.09. The molecule has 16 heavy (non-hydrogen) atoms. The zero-order valence-electron chi connectivity index (χ0n) is 10.4. The molecule has 0 aromatic carbocycles. The second kappa shape index (κ2) is 4.83. The predicted molar refractivity (Wildman–Crippen MR) is 68.6 cm³/mol. The van der Waals surface area contributed by atoms with Crippen LogP contribution in [0.3, 0.4) is 0 Å². The van der Waals surface area contributed by atoms with Gasteiger partial charge in [0.25, 0.3) is 0 Å². The molecule has 2 N–H and O–H groups in total. The average molecular weight is 219 g/mol. The number of hydrogen-bond donors (Lipinski definition) is 2. The van der Waals surface area contributed by atoms with Crippen LogP contribution in [0.15, 0.2) is 28.4 Å². The van der Waals surface area contributed by atoms with Gasteiger partial charge in [-0.1, -0.05) is 13.0 Å². The lowest BCUT2D eigenvalue weighted by molar-refractivity contribution is 0.611. The van der Waals surface area contributed by atoms with Gasteiger partial charge in [-0.15, -0.1) is 0 Å². The molecule has 0 saturated heterocycles. The second-order valence-corrected chi connectivity index (χ2v) is 4.50. The molecular formula is C13H21N3. The Hall–Kier alpha value is -1.09. The van der Waals surface area contributed by atoms with Crippen molar-refractivity contribution < 1.29 is 0 Å². The van der Waals surface area contributed by atoms with Crippen molar-refractivity contribution in [1.29, 1.82) is 0 Å². The zero-order valence-corrected chi connectivity index (χ0v) is 10.4. The van der Waals surface area contributed by atoms with Gasteiger partial charge in [0, 0.05) is 30.9 Å². The van der Waals surface area contributed by atoms with Crippen LogP contribution in [0.5, 0.6) is 0 Å². The maximum atomic E-state index is 4.27. The summed E-state index contributed by atoms with van der Waals surface area (Å²) in [4.78, 5) is 4.27. The molecule has 1 fully saturated rings. The van der Waals surface area contributed by atoms with E-state index in [2.05, 4.69) is 41.7 Å². The number of nitrogens with one attached hydrogen (secondary N) is 2. The van der Waals surface area contributed by atoms with Crippen molar-refractivity contribution >= 4 is 5.84 Å². The lowest BCUT2D eigenvalue weighted by Gasteiger charge is -2.15. The molecule has 0 bridgehead atoms. The number of aliphatic imine (C=N–C) groups is 1. The number of allylic oxidation sites excluding steroid dienone is 1. The number of nitrogens with zero attached hydrogens (tertiary/aromatic N) is 1. The first-order valence-corrected chi connectivity index (χ1v) is 6.16. The Morgan fingerprint density at radius 1 is 1.62 bits per heavy atom. The third kappa shape index (κ3) is 2.35. The summed E-state index contributed by atoms with van der Waals surface area (Å²) in [6, 6.07) is 1.15. The zero-order chi connectivity index (χ0) is 11.5. The molecule has 1 aliphatic heterocycles. The lowest BCUT2D eigenvalue weighted by atomic mass is 10.0. The minimum absolute atomic E-state index is 0.414. The van der Waals surface area contributed by atoms with Crippen LogP contribution in [0.25, 0.3) is 0 Å². The lowest BCUT2D eigenvalue weighted by Crippen LogP contribution is -2.30. The first kappa shape index (κ1) is 11.4. The van der Waals surface area contributed by atoms with E-state index in [-0.39, 0.29) is 0 Å². The third-order valence-electron chi connectivity index (χ3n) is 3.09. The molecule has 0 aromatic rings. The highest BCUT2D eigenvalue weighted by molar-refractivity contribution is 6.05. The van der Waals surface area contributed by atoms with Crippen LogP contribution in [0, 0.1) is 0 Å². The van der Waals surface area contributed by atoms with Gasteiger partial charge in [-0.3, -0.25) is 4.99 Å². The van der Waals surface area contributed by atoms with E-state index in [1.807, 2.05) is 7.05 Å². The molecule has 1 unspecified atom stereocenters. The Morgan fingerprint density at radius 3 is 2.94 bits per heavy atom. The Kier molecular flexibility index (Phi) is 3.44. The highest BCUT2D eigenvalue weighted by Crippen LogP contribution is 2.25. The van der Waals surface area contributed by atoms with Crippen LogP contribution in [0.1, 0.15) is 33.1 Å². The minimum atomic E-state index is 0.414. The van der Waals surface area contributed by atoms with E-state index in [9.17, 15) is 0 Å². The fourth-order valence-electron chi connectivity index (χ4n) is 2.09. The number of hydrogen-bond acceptors (Lipinski definition) is 2. The normalized spacial score (nSPS) is 27.1. The molecule has 0 aromatic heterocycles. The van der Waals surface area contributed by atoms with Gasteiger partial charge in [0.2, 0.25) is 0 Å². The van der Waals surface area contributed by atoms with Crippen LogP contribution in [-0.4, -0.2) is 25.0 Å². The Bertz CT molecular complexity index is 348. The fraction of sp³-hybridized carbons (Fsp3) is 0.615. The Morgan fingerprint density at radius 2 is 2.38 bits per heavy atom. The minimum Gasteiger partial charge on any atom is -0.346 e. The van der Waals surface area contributed by atoms with E-state index >= 15 is 0 Å². The molecule has 0 radical (unpaired) electrons. The Balaban J connectivity index is 2.10. The van der Waals surface area contributed by atoms with Gasteiger partial charge >= 0.3 is 0 Å². The van der Waals surface area contributed by atoms with Gasteiger partial charge in [-0.05, 0) is 31.8 Å². The van der Waals surface area contributed by atoms with E-state index in [1.165, 1.54) is 24.0 Å². The average Bonchev–Trinajstić information content (AvgIpc) is 2.98. The number of rotatable bonds is 4. The quantitative estimate of drug-likeness (QED) is 0.758. The van der Waals surface area contributed by atoms with Crippen molar-refractivity contribution in [2.45, 2.75) is 45.2 Å². The molecule has 1 saturated carbocycles. The van der Waals surface area contributed by atoms with Gasteiger partial charge in [0.15, 0.2) is 0 Å². The van der Waals surface area contributed by atoms with Gasteiger partial charge in [-0.2, -0.15) is 0 Å². The van der Waals surface area contributed by atoms with Crippen LogP contribution in [-0.2, 0) is 0 Å². The summed E-state index contributed by atoms with van der Waals surface area (Å²) in [5.74, 6) is 1.00. The van der Waals surface area contributed by atoms with Gasteiger partial charge in [-0.25, -0.2) is 0 Å². The third-order valence-corrected chi connectivity index (χ3v) is 3.09. The molecule has 2 rings (SSSR count). The van der Waals surface area contributed by atoms with E-state index in [0.717, 1.165) is 18.3 Å². The highest BCUT2D eigenvalue weighted by atomic mass is 15.0. The van der Waals surface area contributed by atoms with Crippen molar-refractivity contribution in [2.24, 2.45) is 4.99 Å². The van der Waals surface area contributed by atoms with Gasteiger partial charge in [0.1, 0.15) is 5.84 Å². The summed E-state index contributed by atoms with van der Waals surface area (Å²) < 4.78 is 0. The molecule has 3 nitrogen and oxygen atoms in total. The van der Waals surface area contributed by atoms with Crippen molar-refractivity contribution in [3.63, 3.8) is 0 Å². The summed E-state index contributed by atoms with van der Waals surface area (Å²) in [6.45, 7) is 4.39. The molecule has 1 aliphatic carbocycles. The largest absolute Gasteiger partial charge is 0.346 e.